The van der Waals surface area contributed by atoms with Crippen LogP contribution in [-0.2, 0) is 0 Å². The van der Waals surface area contributed by atoms with Crippen molar-refractivity contribution in [3.8, 4) is 6.07 Å². The highest BCUT2D eigenvalue weighted by Crippen LogP contribution is 2.05. The van der Waals surface area contributed by atoms with E-state index in [0.717, 1.165) is 5.56 Å². The number of aryl methyl sites for hydroxylation is 1. The van der Waals surface area contributed by atoms with Crippen LogP contribution in [0.4, 0.5) is 0 Å². The molecule has 0 fully saturated rings. The second kappa shape index (κ2) is 3.63. The molecule has 1 aromatic rings. The lowest BCUT2D eigenvalue weighted by Gasteiger charge is -1.98. The van der Waals surface area contributed by atoms with Crippen molar-refractivity contribution in [2.24, 2.45) is 0 Å². The first-order valence-corrected chi connectivity index (χ1v) is 3.57. The number of carbonyl (C=O) groups is 1. The average Bonchev–Trinajstić information content (AvgIpc) is 2.05. The van der Waals surface area contributed by atoms with Gasteiger partial charge in [0.05, 0.1) is 6.07 Å². The minimum absolute atomic E-state index is 0.0994. The van der Waals surface area contributed by atoms with Crippen LogP contribution in [-0.4, -0.2) is 10.8 Å². The minimum Gasteiger partial charge on any atom is -0.291 e. The summed E-state index contributed by atoms with van der Waals surface area (Å²) < 4.78 is 0. The van der Waals surface area contributed by atoms with E-state index in [4.69, 9.17) is 5.26 Å². The predicted octanol–water partition coefficient (Wildman–Crippen LogP) is 1.49. The summed E-state index contributed by atoms with van der Waals surface area (Å²) in [6, 6.07) is 5.37. The van der Waals surface area contributed by atoms with Gasteiger partial charge in [0.15, 0.2) is 5.78 Å². The van der Waals surface area contributed by atoms with Gasteiger partial charge in [-0.3, -0.25) is 9.78 Å². The number of hydrogen-bond acceptors (Lipinski definition) is 3. The summed E-state index contributed by atoms with van der Waals surface area (Å²) in [4.78, 5) is 15.1. The summed E-state index contributed by atoms with van der Waals surface area (Å²) in [5.41, 5.74) is 1.22. The first kappa shape index (κ1) is 8.41. The molecule has 0 atom stereocenters. The van der Waals surface area contributed by atoms with Gasteiger partial charge < -0.3 is 0 Å². The van der Waals surface area contributed by atoms with Crippen LogP contribution in [0.2, 0.25) is 0 Å². The first-order valence-electron chi connectivity index (χ1n) is 3.57. The number of Topliss-reactive ketones (excluding diaryl/α,β-unsaturated/α-hetero) is 1. The Bertz CT molecular complexity index is 339. The lowest BCUT2D eigenvalue weighted by Crippen LogP contribution is -2.02. The summed E-state index contributed by atoms with van der Waals surface area (Å²) in [6.07, 6.45) is 1.45. The molecule has 3 heteroatoms. The fraction of sp³-hybridized carbons (Fsp3) is 0.222. The molecule has 0 aromatic carbocycles. The van der Waals surface area contributed by atoms with E-state index in [1.165, 1.54) is 0 Å². The topological polar surface area (TPSA) is 53.8 Å². The zero-order valence-corrected chi connectivity index (χ0v) is 6.74. The zero-order chi connectivity index (χ0) is 8.97. The maximum absolute atomic E-state index is 11.2. The molecule has 1 heterocycles. The number of aromatic nitrogens is 1. The second-order valence-electron chi connectivity index (χ2n) is 2.43. The van der Waals surface area contributed by atoms with Gasteiger partial charge in [-0.15, -0.1) is 0 Å². The Hall–Kier alpha value is -1.69. The Morgan fingerprint density at radius 3 is 3.08 bits per heavy atom. The van der Waals surface area contributed by atoms with Gasteiger partial charge in [-0.05, 0) is 18.6 Å². The van der Waals surface area contributed by atoms with Crippen molar-refractivity contribution in [2.45, 2.75) is 13.3 Å². The zero-order valence-electron chi connectivity index (χ0n) is 6.74. The molecule has 1 rings (SSSR count). The van der Waals surface area contributed by atoms with Crippen LogP contribution in [0.25, 0.3) is 0 Å². The van der Waals surface area contributed by atoms with E-state index in [-0.39, 0.29) is 12.2 Å². The maximum atomic E-state index is 11.2. The standard InChI is InChI=1S/C9H8N2O/c1-7-3-2-6-11-9(7)8(12)4-5-10/h2-3,6H,4H2,1H3. The number of carbonyl (C=O) groups excluding carboxylic acids is 1. The quantitative estimate of drug-likeness (QED) is 0.616. The smallest absolute Gasteiger partial charge is 0.195 e. The van der Waals surface area contributed by atoms with Gasteiger partial charge in [-0.25, -0.2) is 0 Å². The van der Waals surface area contributed by atoms with Gasteiger partial charge in [0, 0.05) is 6.20 Å². The number of nitriles is 1. The van der Waals surface area contributed by atoms with Crippen LogP contribution in [0.15, 0.2) is 18.3 Å². The molecule has 0 aliphatic rings. The lowest BCUT2D eigenvalue weighted by molar-refractivity contribution is 0.0992. The van der Waals surface area contributed by atoms with Crippen LogP contribution in [0.5, 0.6) is 0 Å². The van der Waals surface area contributed by atoms with E-state index in [1.54, 1.807) is 31.3 Å². The number of hydrogen-bond donors (Lipinski definition) is 0. The Morgan fingerprint density at radius 1 is 1.75 bits per heavy atom. The highest BCUT2D eigenvalue weighted by Gasteiger charge is 2.08. The van der Waals surface area contributed by atoms with Crippen molar-refractivity contribution in [3.05, 3.63) is 29.6 Å². The summed E-state index contributed by atoms with van der Waals surface area (Å²) in [6.45, 7) is 1.80. The Kier molecular flexibility index (Phi) is 2.54. The van der Waals surface area contributed by atoms with Crippen molar-refractivity contribution in [3.63, 3.8) is 0 Å². The van der Waals surface area contributed by atoms with Crippen LogP contribution >= 0.6 is 0 Å². The number of pyridine rings is 1. The Morgan fingerprint density at radius 2 is 2.50 bits per heavy atom. The van der Waals surface area contributed by atoms with Gasteiger partial charge in [0.1, 0.15) is 12.1 Å². The third-order valence-corrected chi connectivity index (χ3v) is 1.51. The van der Waals surface area contributed by atoms with Gasteiger partial charge in [0.2, 0.25) is 0 Å². The van der Waals surface area contributed by atoms with E-state index < -0.39 is 0 Å². The van der Waals surface area contributed by atoms with Gasteiger partial charge in [-0.1, -0.05) is 6.07 Å². The van der Waals surface area contributed by atoms with Gasteiger partial charge in [-0.2, -0.15) is 5.26 Å². The molecule has 0 unspecified atom stereocenters. The SMILES string of the molecule is Cc1cccnc1C(=O)CC#N. The molecule has 0 saturated heterocycles. The van der Waals surface area contributed by atoms with E-state index in [1.807, 2.05) is 0 Å². The Labute approximate surface area is 70.7 Å². The normalized spacial score (nSPS) is 9.00. The van der Waals surface area contributed by atoms with E-state index >= 15 is 0 Å². The molecule has 0 N–H and O–H groups in total. The molecule has 0 aliphatic heterocycles. The molecule has 0 aliphatic carbocycles. The molecular weight excluding hydrogens is 152 g/mol. The summed E-state index contributed by atoms with van der Waals surface area (Å²) >= 11 is 0. The van der Waals surface area contributed by atoms with Crippen molar-refractivity contribution in [2.75, 3.05) is 0 Å². The van der Waals surface area contributed by atoms with E-state index in [0.29, 0.717) is 5.69 Å². The molecule has 0 amide bonds. The fourth-order valence-electron chi connectivity index (χ4n) is 0.933. The van der Waals surface area contributed by atoms with Crippen LogP contribution in [0.3, 0.4) is 0 Å². The van der Waals surface area contributed by atoms with Gasteiger partial charge in [0.25, 0.3) is 0 Å². The molecule has 3 nitrogen and oxygen atoms in total. The first-order chi connectivity index (χ1) is 5.75. The maximum Gasteiger partial charge on any atom is 0.195 e. The van der Waals surface area contributed by atoms with Crippen molar-refractivity contribution >= 4 is 5.78 Å². The van der Waals surface area contributed by atoms with Crippen LogP contribution in [0.1, 0.15) is 22.5 Å². The van der Waals surface area contributed by atoms with Crippen LogP contribution < -0.4 is 0 Å². The second-order valence-corrected chi connectivity index (χ2v) is 2.43. The summed E-state index contributed by atoms with van der Waals surface area (Å²) in [5, 5.41) is 8.29. The van der Waals surface area contributed by atoms with Crippen molar-refractivity contribution in [1.29, 1.82) is 5.26 Å². The van der Waals surface area contributed by atoms with Crippen molar-refractivity contribution in [1.82, 2.24) is 4.98 Å². The third kappa shape index (κ3) is 1.67. The number of rotatable bonds is 2. The molecule has 0 radical (unpaired) electrons. The molecule has 0 saturated carbocycles. The predicted molar refractivity (Wildman–Crippen MR) is 43.5 cm³/mol. The monoisotopic (exact) mass is 160 g/mol. The highest BCUT2D eigenvalue weighted by atomic mass is 16.1. The van der Waals surface area contributed by atoms with Crippen molar-refractivity contribution < 1.29 is 4.79 Å². The molecule has 1 aromatic heterocycles. The molecule has 12 heavy (non-hydrogen) atoms. The van der Waals surface area contributed by atoms with E-state index in [2.05, 4.69) is 4.98 Å². The Balaban J connectivity index is 2.97. The summed E-state index contributed by atoms with van der Waals surface area (Å²) in [7, 11) is 0. The highest BCUT2D eigenvalue weighted by molar-refractivity contribution is 5.96. The van der Waals surface area contributed by atoms with E-state index in [9.17, 15) is 4.79 Å². The molecule has 0 bridgehead atoms. The number of ketones is 1. The summed E-state index contributed by atoms with van der Waals surface area (Å²) in [5.74, 6) is -0.212. The lowest BCUT2D eigenvalue weighted by atomic mass is 10.1. The minimum atomic E-state index is -0.212. The molecule has 60 valence electrons. The fourth-order valence-corrected chi connectivity index (χ4v) is 0.933. The van der Waals surface area contributed by atoms with Crippen LogP contribution in [0, 0.1) is 18.3 Å². The number of nitrogens with zero attached hydrogens (tertiary/aromatic N) is 2. The molecular formula is C9H8N2O. The third-order valence-electron chi connectivity index (χ3n) is 1.51. The largest absolute Gasteiger partial charge is 0.291 e. The average molecular weight is 160 g/mol. The van der Waals surface area contributed by atoms with Gasteiger partial charge >= 0.3 is 0 Å². The molecule has 0 spiro atoms.